The van der Waals surface area contributed by atoms with Crippen molar-refractivity contribution in [1.82, 2.24) is 9.88 Å². The Balaban J connectivity index is 1.78. The Bertz CT molecular complexity index is 622. The highest BCUT2D eigenvalue weighted by atomic mass is 16.5. The van der Waals surface area contributed by atoms with Gasteiger partial charge in [-0.25, -0.2) is 0 Å². The number of pyridine rings is 1. The van der Waals surface area contributed by atoms with Crippen molar-refractivity contribution in [3.63, 3.8) is 0 Å². The van der Waals surface area contributed by atoms with Crippen molar-refractivity contribution in [2.24, 2.45) is 0 Å². The summed E-state index contributed by atoms with van der Waals surface area (Å²) in [6.45, 7) is 8.70. The molecule has 1 amide bonds. The van der Waals surface area contributed by atoms with Gasteiger partial charge >= 0.3 is 0 Å². The summed E-state index contributed by atoms with van der Waals surface area (Å²) in [6, 6.07) is 3.94. The smallest absolute Gasteiger partial charge is 0.251 e. The summed E-state index contributed by atoms with van der Waals surface area (Å²) in [5.74, 6) is 0.934. The van der Waals surface area contributed by atoms with E-state index in [-0.39, 0.29) is 17.5 Å². The van der Waals surface area contributed by atoms with E-state index in [0.717, 1.165) is 31.1 Å². The molecule has 3 rings (SSSR count). The van der Waals surface area contributed by atoms with Gasteiger partial charge in [0, 0.05) is 63.5 Å². The number of ether oxygens (including phenoxy) is 1. The van der Waals surface area contributed by atoms with Crippen molar-refractivity contribution in [2.45, 2.75) is 19.9 Å². The molecule has 1 unspecified atom stereocenters. The van der Waals surface area contributed by atoms with Crippen molar-refractivity contribution in [3.8, 4) is 0 Å². The van der Waals surface area contributed by atoms with Gasteiger partial charge in [-0.2, -0.15) is 0 Å². The lowest BCUT2D eigenvalue weighted by Crippen LogP contribution is -2.49. The lowest BCUT2D eigenvalue weighted by atomic mass is 10.2. The number of hydrogen-bond donors (Lipinski definition) is 1. The maximum atomic E-state index is 12.1. The average Bonchev–Trinajstić information content (AvgIpc) is 2.55. The van der Waals surface area contributed by atoms with Gasteiger partial charge in [0.05, 0.1) is 13.2 Å². The number of carbonyl (C=O) groups is 1. The second-order valence-corrected chi connectivity index (χ2v) is 6.20. The van der Waals surface area contributed by atoms with Gasteiger partial charge in [-0.15, -0.1) is 0 Å². The SMILES string of the molecule is CC(=O)N1CCN(c2cc(N3CCOCC3C)cc(=O)[nH]2)CC1. The lowest BCUT2D eigenvalue weighted by Gasteiger charge is -2.37. The topological polar surface area (TPSA) is 68.9 Å². The third-order valence-corrected chi connectivity index (χ3v) is 4.58. The molecule has 0 bridgehead atoms. The molecule has 1 N–H and O–H groups in total. The quantitative estimate of drug-likeness (QED) is 0.847. The molecule has 1 aromatic heterocycles. The first-order valence-corrected chi connectivity index (χ1v) is 8.14. The van der Waals surface area contributed by atoms with Crippen LogP contribution in [0.25, 0.3) is 0 Å². The summed E-state index contributed by atoms with van der Waals surface area (Å²) in [4.78, 5) is 32.6. The van der Waals surface area contributed by atoms with E-state index in [4.69, 9.17) is 4.74 Å². The summed E-state index contributed by atoms with van der Waals surface area (Å²) < 4.78 is 5.47. The Hall–Kier alpha value is -2.02. The minimum atomic E-state index is -0.0924. The predicted molar refractivity (Wildman–Crippen MR) is 89.2 cm³/mol. The van der Waals surface area contributed by atoms with Gasteiger partial charge in [-0.05, 0) is 6.92 Å². The van der Waals surface area contributed by atoms with E-state index in [1.54, 1.807) is 13.0 Å². The highest BCUT2D eigenvalue weighted by Gasteiger charge is 2.23. The molecule has 2 saturated heterocycles. The van der Waals surface area contributed by atoms with Crippen LogP contribution in [0.4, 0.5) is 11.5 Å². The minimum absolute atomic E-state index is 0.0924. The van der Waals surface area contributed by atoms with Crippen LogP contribution in [0, 0.1) is 0 Å². The zero-order valence-corrected chi connectivity index (χ0v) is 13.7. The first kappa shape index (κ1) is 15.9. The largest absolute Gasteiger partial charge is 0.377 e. The molecule has 1 atom stereocenters. The number of carbonyl (C=O) groups excluding carboxylic acids is 1. The van der Waals surface area contributed by atoms with Crippen LogP contribution in [0.1, 0.15) is 13.8 Å². The van der Waals surface area contributed by atoms with Crippen LogP contribution in [-0.4, -0.2) is 67.8 Å². The van der Waals surface area contributed by atoms with E-state index in [0.29, 0.717) is 26.3 Å². The molecular formula is C16H24N4O3. The number of piperazine rings is 1. The van der Waals surface area contributed by atoms with Crippen LogP contribution in [-0.2, 0) is 9.53 Å². The number of anilines is 2. The molecule has 0 saturated carbocycles. The summed E-state index contributed by atoms with van der Waals surface area (Å²) in [6.07, 6.45) is 0. The van der Waals surface area contributed by atoms with Crippen molar-refractivity contribution in [2.75, 3.05) is 55.7 Å². The number of nitrogens with zero attached hydrogens (tertiary/aromatic N) is 3. The van der Waals surface area contributed by atoms with Gasteiger partial charge in [-0.1, -0.05) is 0 Å². The summed E-state index contributed by atoms with van der Waals surface area (Å²) in [5, 5.41) is 0. The minimum Gasteiger partial charge on any atom is -0.377 e. The molecule has 126 valence electrons. The fourth-order valence-electron chi connectivity index (χ4n) is 3.22. The zero-order valence-electron chi connectivity index (χ0n) is 13.7. The van der Waals surface area contributed by atoms with E-state index in [2.05, 4.69) is 21.7 Å². The summed E-state index contributed by atoms with van der Waals surface area (Å²) in [7, 11) is 0. The number of H-pyrrole nitrogens is 1. The van der Waals surface area contributed by atoms with Crippen molar-refractivity contribution in [1.29, 1.82) is 0 Å². The van der Waals surface area contributed by atoms with Gasteiger partial charge in [0.2, 0.25) is 5.91 Å². The maximum absolute atomic E-state index is 12.1. The van der Waals surface area contributed by atoms with Crippen molar-refractivity contribution >= 4 is 17.4 Å². The van der Waals surface area contributed by atoms with Crippen molar-refractivity contribution < 1.29 is 9.53 Å². The number of morpholine rings is 1. The Morgan fingerprint density at radius 1 is 1.22 bits per heavy atom. The van der Waals surface area contributed by atoms with Crippen LogP contribution in [0.3, 0.4) is 0 Å². The van der Waals surface area contributed by atoms with Crippen molar-refractivity contribution in [3.05, 3.63) is 22.5 Å². The fourth-order valence-corrected chi connectivity index (χ4v) is 3.22. The van der Waals surface area contributed by atoms with Crippen LogP contribution >= 0.6 is 0 Å². The van der Waals surface area contributed by atoms with E-state index >= 15 is 0 Å². The Morgan fingerprint density at radius 3 is 2.61 bits per heavy atom. The normalized spacial score (nSPS) is 22.3. The first-order valence-electron chi connectivity index (χ1n) is 8.14. The molecule has 2 aliphatic heterocycles. The molecule has 0 aliphatic carbocycles. The molecule has 2 fully saturated rings. The highest BCUT2D eigenvalue weighted by Crippen LogP contribution is 2.22. The molecule has 2 aliphatic rings. The third-order valence-electron chi connectivity index (χ3n) is 4.58. The first-order chi connectivity index (χ1) is 11.0. The Morgan fingerprint density at radius 2 is 1.96 bits per heavy atom. The van der Waals surface area contributed by atoms with Crippen LogP contribution in [0.15, 0.2) is 16.9 Å². The molecule has 0 spiro atoms. The van der Waals surface area contributed by atoms with E-state index in [1.807, 2.05) is 11.0 Å². The monoisotopic (exact) mass is 320 g/mol. The lowest BCUT2D eigenvalue weighted by molar-refractivity contribution is -0.129. The van der Waals surface area contributed by atoms with Gasteiger partial charge in [-0.3, -0.25) is 9.59 Å². The molecular weight excluding hydrogens is 296 g/mol. The molecule has 0 radical (unpaired) electrons. The standard InChI is InChI=1S/C16H24N4O3/c1-12-11-23-8-7-20(12)14-9-15(17-16(22)10-14)19-5-3-18(4-6-19)13(2)21/h9-10,12H,3-8,11H2,1-2H3,(H,17,22). The van der Waals surface area contributed by atoms with Gasteiger partial charge < -0.3 is 24.4 Å². The molecule has 23 heavy (non-hydrogen) atoms. The van der Waals surface area contributed by atoms with Gasteiger partial charge in [0.1, 0.15) is 5.82 Å². The van der Waals surface area contributed by atoms with Crippen LogP contribution in [0.2, 0.25) is 0 Å². The van der Waals surface area contributed by atoms with E-state index in [9.17, 15) is 9.59 Å². The molecule has 1 aromatic rings. The number of hydrogen-bond acceptors (Lipinski definition) is 5. The van der Waals surface area contributed by atoms with Gasteiger partial charge in [0.25, 0.3) is 5.56 Å². The predicted octanol–water partition coefficient (Wildman–Crippen LogP) is 0.269. The second-order valence-electron chi connectivity index (χ2n) is 6.20. The van der Waals surface area contributed by atoms with Gasteiger partial charge in [0.15, 0.2) is 0 Å². The van der Waals surface area contributed by atoms with Crippen LogP contribution < -0.4 is 15.4 Å². The van der Waals surface area contributed by atoms with E-state index < -0.39 is 0 Å². The Kier molecular flexibility index (Phi) is 4.56. The maximum Gasteiger partial charge on any atom is 0.251 e. The zero-order chi connectivity index (χ0) is 16.4. The molecule has 7 heteroatoms. The number of amides is 1. The number of rotatable bonds is 2. The average molecular weight is 320 g/mol. The fraction of sp³-hybridized carbons (Fsp3) is 0.625. The number of nitrogens with one attached hydrogen (secondary N) is 1. The molecule has 7 nitrogen and oxygen atoms in total. The second kappa shape index (κ2) is 6.62. The highest BCUT2D eigenvalue weighted by molar-refractivity contribution is 5.73. The molecule has 3 heterocycles. The number of aromatic nitrogens is 1. The number of aromatic amines is 1. The summed E-state index contributed by atoms with van der Waals surface area (Å²) >= 11 is 0. The summed E-state index contributed by atoms with van der Waals surface area (Å²) in [5.41, 5.74) is 0.846. The Labute approximate surface area is 135 Å². The third kappa shape index (κ3) is 3.50. The van der Waals surface area contributed by atoms with E-state index in [1.165, 1.54) is 0 Å². The van der Waals surface area contributed by atoms with Crippen LogP contribution in [0.5, 0.6) is 0 Å². The molecule has 0 aromatic carbocycles.